The van der Waals surface area contributed by atoms with Crippen molar-refractivity contribution in [2.24, 2.45) is 11.3 Å². The second-order valence-electron chi connectivity index (χ2n) is 11.2. The quantitative estimate of drug-likeness (QED) is 0.376. The van der Waals surface area contributed by atoms with E-state index < -0.39 is 46.9 Å². The molecule has 0 bridgehead atoms. The fourth-order valence-electron chi connectivity index (χ4n) is 5.50. The Labute approximate surface area is 232 Å². The van der Waals surface area contributed by atoms with Crippen LogP contribution in [0, 0.1) is 23.0 Å². The SMILES string of the molecule is O=C(N[C@H]1CCN(CC2(C(F)F)CC2)C[C@@H]1C(=O)NC1(c2ncccn2)CC1)c1cc(-c2ccc(F)cc2F)on1. The first-order chi connectivity index (χ1) is 19.7. The minimum atomic E-state index is -2.44. The Morgan fingerprint density at radius 1 is 1.10 bits per heavy atom. The summed E-state index contributed by atoms with van der Waals surface area (Å²) in [6.45, 7) is 0.779. The highest BCUT2D eigenvalue weighted by Gasteiger charge is 2.54. The maximum atomic E-state index is 14.2. The summed E-state index contributed by atoms with van der Waals surface area (Å²) in [4.78, 5) is 37.3. The Bertz CT molecular complexity index is 1440. The van der Waals surface area contributed by atoms with Crippen molar-refractivity contribution in [3.63, 3.8) is 0 Å². The molecule has 1 saturated heterocycles. The minimum Gasteiger partial charge on any atom is -0.355 e. The van der Waals surface area contributed by atoms with E-state index in [1.807, 2.05) is 4.90 Å². The zero-order valence-corrected chi connectivity index (χ0v) is 22.0. The van der Waals surface area contributed by atoms with Crippen LogP contribution in [0.4, 0.5) is 17.6 Å². The Hall–Kier alpha value is -3.87. The second-order valence-corrected chi connectivity index (χ2v) is 11.2. The lowest BCUT2D eigenvalue weighted by Crippen LogP contribution is -2.58. The molecule has 3 fully saturated rings. The Morgan fingerprint density at radius 3 is 2.51 bits per heavy atom. The fourth-order valence-corrected chi connectivity index (χ4v) is 5.50. The van der Waals surface area contributed by atoms with Gasteiger partial charge in [0.2, 0.25) is 12.3 Å². The summed E-state index contributed by atoms with van der Waals surface area (Å²) in [6.07, 6.45) is 3.30. The van der Waals surface area contributed by atoms with E-state index in [1.165, 1.54) is 12.1 Å². The van der Waals surface area contributed by atoms with E-state index in [1.54, 1.807) is 18.5 Å². The number of hydrogen-bond donors (Lipinski definition) is 2. The van der Waals surface area contributed by atoms with Gasteiger partial charge in [-0.25, -0.2) is 27.5 Å². The third kappa shape index (κ3) is 5.54. The Balaban J connectivity index is 1.19. The molecule has 3 aliphatic rings. The molecule has 3 aromatic rings. The molecule has 2 aliphatic carbocycles. The molecule has 2 amide bonds. The predicted molar refractivity (Wildman–Crippen MR) is 136 cm³/mol. The average Bonchev–Trinajstić information content (AvgIpc) is 3.87. The van der Waals surface area contributed by atoms with Crippen LogP contribution in [0.5, 0.6) is 0 Å². The van der Waals surface area contributed by atoms with Crippen molar-refractivity contribution in [1.82, 2.24) is 30.7 Å². The average molecular weight is 573 g/mol. The van der Waals surface area contributed by atoms with Gasteiger partial charge in [0, 0.05) is 55.6 Å². The zero-order chi connectivity index (χ0) is 28.8. The molecule has 6 rings (SSSR count). The number of alkyl halides is 2. The molecule has 2 aromatic heterocycles. The summed E-state index contributed by atoms with van der Waals surface area (Å²) in [5, 5.41) is 9.63. The number of benzene rings is 1. The van der Waals surface area contributed by atoms with Crippen molar-refractivity contribution in [3.8, 4) is 11.3 Å². The van der Waals surface area contributed by atoms with Crippen LogP contribution in [-0.2, 0) is 10.3 Å². The first-order valence-electron chi connectivity index (χ1n) is 13.5. The molecule has 0 unspecified atom stereocenters. The van der Waals surface area contributed by atoms with Gasteiger partial charge in [-0.15, -0.1) is 0 Å². The third-order valence-electron chi connectivity index (χ3n) is 8.29. The van der Waals surface area contributed by atoms with Gasteiger partial charge < -0.3 is 20.1 Å². The van der Waals surface area contributed by atoms with Crippen molar-refractivity contribution in [3.05, 3.63) is 65.9 Å². The summed E-state index contributed by atoms with van der Waals surface area (Å²) in [5.74, 6) is -2.91. The van der Waals surface area contributed by atoms with Crippen LogP contribution in [0.3, 0.4) is 0 Å². The Morgan fingerprint density at radius 2 is 1.85 bits per heavy atom. The molecule has 2 N–H and O–H groups in total. The van der Waals surface area contributed by atoms with Gasteiger partial charge in [-0.05, 0) is 50.3 Å². The fraction of sp³-hybridized carbons (Fsp3) is 0.464. The van der Waals surface area contributed by atoms with Crippen molar-refractivity contribution >= 4 is 11.8 Å². The van der Waals surface area contributed by atoms with Gasteiger partial charge in [0.1, 0.15) is 11.6 Å². The molecule has 0 radical (unpaired) electrons. The van der Waals surface area contributed by atoms with E-state index in [9.17, 15) is 27.2 Å². The maximum Gasteiger partial charge on any atom is 0.273 e. The number of nitrogens with one attached hydrogen (secondary N) is 2. The normalized spacial score (nSPS) is 22.8. The number of carbonyl (C=O) groups is 2. The Kier molecular flexibility index (Phi) is 7.00. The van der Waals surface area contributed by atoms with Crippen LogP contribution in [0.2, 0.25) is 0 Å². The highest BCUT2D eigenvalue weighted by atomic mass is 19.3. The molecule has 2 saturated carbocycles. The molecule has 1 aromatic carbocycles. The van der Waals surface area contributed by atoms with Crippen molar-refractivity contribution in [2.75, 3.05) is 19.6 Å². The molecule has 216 valence electrons. The van der Waals surface area contributed by atoms with Gasteiger partial charge in [0.15, 0.2) is 17.3 Å². The minimum absolute atomic E-state index is 0.0583. The first-order valence-corrected chi connectivity index (χ1v) is 13.5. The van der Waals surface area contributed by atoms with E-state index in [-0.39, 0.29) is 36.0 Å². The van der Waals surface area contributed by atoms with Gasteiger partial charge in [-0.2, -0.15) is 0 Å². The number of rotatable bonds is 9. The molecule has 9 nitrogen and oxygen atoms in total. The number of piperidine rings is 1. The number of aromatic nitrogens is 3. The van der Waals surface area contributed by atoms with Gasteiger partial charge in [-0.3, -0.25) is 9.59 Å². The number of carbonyl (C=O) groups excluding carboxylic acids is 2. The predicted octanol–water partition coefficient (Wildman–Crippen LogP) is 3.68. The molecular formula is C28H28F4N6O3. The van der Waals surface area contributed by atoms with Crippen LogP contribution in [-0.4, -0.2) is 63.9 Å². The van der Waals surface area contributed by atoms with Crippen LogP contribution >= 0.6 is 0 Å². The van der Waals surface area contributed by atoms with Crippen molar-refractivity contribution < 1.29 is 31.7 Å². The van der Waals surface area contributed by atoms with E-state index in [0.29, 0.717) is 50.5 Å². The number of amides is 2. The monoisotopic (exact) mass is 572 g/mol. The van der Waals surface area contributed by atoms with Gasteiger partial charge in [0.05, 0.1) is 17.0 Å². The number of hydrogen-bond acceptors (Lipinski definition) is 7. The molecular weight excluding hydrogens is 544 g/mol. The lowest BCUT2D eigenvalue weighted by molar-refractivity contribution is -0.129. The van der Waals surface area contributed by atoms with E-state index >= 15 is 0 Å². The van der Waals surface area contributed by atoms with E-state index in [2.05, 4.69) is 25.8 Å². The van der Waals surface area contributed by atoms with Gasteiger partial charge in [-0.1, -0.05) is 5.16 Å². The topological polar surface area (TPSA) is 113 Å². The van der Waals surface area contributed by atoms with E-state index in [0.717, 1.165) is 6.07 Å². The smallest absolute Gasteiger partial charge is 0.273 e. The highest BCUT2D eigenvalue weighted by molar-refractivity contribution is 5.94. The molecule has 1 aliphatic heterocycles. The van der Waals surface area contributed by atoms with Crippen LogP contribution in [0.1, 0.15) is 48.4 Å². The number of halogens is 4. The number of nitrogens with zero attached hydrogens (tertiary/aromatic N) is 4. The van der Waals surface area contributed by atoms with Crippen LogP contribution < -0.4 is 10.6 Å². The van der Waals surface area contributed by atoms with Crippen molar-refractivity contribution in [1.29, 1.82) is 0 Å². The summed E-state index contributed by atoms with van der Waals surface area (Å²) < 4.78 is 60.0. The van der Waals surface area contributed by atoms with Crippen LogP contribution in [0.25, 0.3) is 11.3 Å². The second kappa shape index (κ2) is 10.5. The summed E-state index contributed by atoms with van der Waals surface area (Å²) in [6, 6.07) is 5.23. The van der Waals surface area contributed by atoms with Crippen LogP contribution in [0.15, 0.2) is 47.2 Å². The zero-order valence-electron chi connectivity index (χ0n) is 22.0. The van der Waals surface area contributed by atoms with Gasteiger partial charge in [0.25, 0.3) is 5.91 Å². The summed E-state index contributed by atoms with van der Waals surface area (Å²) in [7, 11) is 0. The van der Waals surface area contributed by atoms with Crippen molar-refractivity contribution in [2.45, 2.75) is 50.1 Å². The largest absolute Gasteiger partial charge is 0.355 e. The van der Waals surface area contributed by atoms with Gasteiger partial charge >= 0.3 is 0 Å². The highest BCUT2D eigenvalue weighted by Crippen LogP contribution is 2.51. The molecule has 41 heavy (non-hydrogen) atoms. The molecule has 2 atom stereocenters. The number of likely N-dealkylation sites (tertiary alicyclic amines) is 1. The standard InChI is InChI=1S/C28H28F4N6O3/c29-16-2-3-17(19(30)12-16)22-13-21(37-41-22)24(40)35-20-4-11-38(15-27(5-6-27)25(31)32)14-18(20)23(39)36-28(7-8-28)26-33-9-1-10-34-26/h1-3,9-10,12-13,18,20,25H,4-8,11,14-15H2,(H,35,40)(H,36,39)/t18-,20-/m0/s1. The summed E-state index contributed by atoms with van der Waals surface area (Å²) >= 11 is 0. The maximum absolute atomic E-state index is 14.2. The molecule has 13 heteroatoms. The first kappa shape index (κ1) is 27.3. The molecule has 0 spiro atoms. The lowest BCUT2D eigenvalue weighted by atomic mass is 9.89. The summed E-state index contributed by atoms with van der Waals surface area (Å²) in [5.41, 5.74) is -1.94. The van der Waals surface area contributed by atoms with E-state index in [4.69, 9.17) is 4.52 Å². The molecule has 3 heterocycles. The lowest BCUT2D eigenvalue weighted by Gasteiger charge is -2.40. The third-order valence-corrected chi connectivity index (χ3v) is 8.29.